The highest BCUT2D eigenvalue weighted by Gasteiger charge is 2.39. The summed E-state index contributed by atoms with van der Waals surface area (Å²) in [5.74, 6) is -0.550. The molecule has 0 radical (unpaired) electrons. The van der Waals surface area contributed by atoms with Gasteiger partial charge in [-0.3, -0.25) is 9.59 Å². The van der Waals surface area contributed by atoms with Gasteiger partial charge in [-0.25, -0.2) is 8.42 Å². The van der Waals surface area contributed by atoms with Crippen LogP contribution in [0.3, 0.4) is 0 Å². The number of amides is 2. The molecule has 0 aliphatic carbocycles. The lowest BCUT2D eigenvalue weighted by molar-refractivity contribution is -0.136. The van der Waals surface area contributed by atoms with E-state index in [4.69, 9.17) is 0 Å². The molecular formula is C19H20BrN3O4S2. The van der Waals surface area contributed by atoms with Crippen molar-refractivity contribution in [1.82, 2.24) is 9.21 Å². The Morgan fingerprint density at radius 1 is 1.10 bits per heavy atom. The van der Waals surface area contributed by atoms with Crippen LogP contribution in [0.1, 0.15) is 6.42 Å². The number of nitrogens with zero attached hydrogens (tertiary/aromatic N) is 3. The third-order valence-electron chi connectivity index (χ3n) is 5.23. The first-order valence-corrected chi connectivity index (χ1v) is 12.4. The van der Waals surface area contributed by atoms with Gasteiger partial charge in [-0.05, 0) is 29.6 Å². The van der Waals surface area contributed by atoms with E-state index < -0.39 is 15.9 Å². The molecule has 0 N–H and O–H groups in total. The summed E-state index contributed by atoms with van der Waals surface area (Å²) in [7, 11) is -3.50. The molecule has 1 unspecified atom stereocenters. The SMILES string of the molecule is O=C(C1CC(=O)N(c2cccc(Br)c2)C1)N1CCN(S(=O)(=O)c2cccs2)CC1. The number of benzene rings is 1. The van der Waals surface area contributed by atoms with E-state index in [9.17, 15) is 18.0 Å². The number of thiophene rings is 1. The van der Waals surface area contributed by atoms with E-state index in [1.54, 1.807) is 27.3 Å². The fourth-order valence-electron chi connectivity index (χ4n) is 3.71. The van der Waals surface area contributed by atoms with Gasteiger partial charge in [0, 0.05) is 49.3 Å². The third kappa shape index (κ3) is 4.11. The first-order chi connectivity index (χ1) is 13.9. The second-order valence-electron chi connectivity index (χ2n) is 7.05. The molecule has 0 spiro atoms. The second-order valence-corrected chi connectivity index (χ2v) is 11.1. The molecule has 10 heteroatoms. The number of carbonyl (C=O) groups is 2. The number of hydrogen-bond acceptors (Lipinski definition) is 5. The van der Waals surface area contributed by atoms with E-state index in [0.29, 0.717) is 23.8 Å². The average Bonchev–Trinajstić information content (AvgIpc) is 3.38. The van der Waals surface area contributed by atoms with Gasteiger partial charge in [-0.15, -0.1) is 11.3 Å². The monoisotopic (exact) mass is 497 g/mol. The van der Waals surface area contributed by atoms with Gasteiger partial charge in [0.25, 0.3) is 10.0 Å². The van der Waals surface area contributed by atoms with Crippen molar-refractivity contribution in [2.45, 2.75) is 10.6 Å². The Kier molecular flexibility index (Phi) is 5.78. The van der Waals surface area contributed by atoms with Crippen molar-refractivity contribution < 1.29 is 18.0 Å². The number of halogens is 1. The number of piperazine rings is 1. The van der Waals surface area contributed by atoms with Gasteiger partial charge in [0.1, 0.15) is 4.21 Å². The van der Waals surface area contributed by atoms with Crippen molar-refractivity contribution >= 4 is 54.8 Å². The van der Waals surface area contributed by atoms with Crippen molar-refractivity contribution in [2.24, 2.45) is 5.92 Å². The minimum Gasteiger partial charge on any atom is -0.340 e. The van der Waals surface area contributed by atoms with Crippen LogP contribution in [0, 0.1) is 5.92 Å². The lowest BCUT2D eigenvalue weighted by atomic mass is 10.1. The smallest absolute Gasteiger partial charge is 0.252 e. The number of carbonyl (C=O) groups excluding carboxylic acids is 2. The highest BCUT2D eigenvalue weighted by atomic mass is 79.9. The van der Waals surface area contributed by atoms with Crippen LogP contribution >= 0.6 is 27.3 Å². The average molecular weight is 498 g/mol. The van der Waals surface area contributed by atoms with Crippen molar-refractivity contribution in [3.05, 3.63) is 46.3 Å². The van der Waals surface area contributed by atoms with E-state index in [2.05, 4.69) is 15.9 Å². The zero-order valence-electron chi connectivity index (χ0n) is 15.5. The van der Waals surface area contributed by atoms with Crippen LogP contribution in [-0.2, 0) is 19.6 Å². The molecule has 0 saturated carbocycles. The molecule has 4 rings (SSSR count). The lowest BCUT2D eigenvalue weighted by Gasteiger charge is -2.34. The summed E-state index contributed by atoms with van der Waals surface area (Å²) in [5, 5.41) is 1.74. The molecular weight excluding hydrogens is 478 g/mol. The minimum atomic E-state index is -3.50. The zero-order valence-corrected chi connectivity index (χ0v) is 18.7. The van der Waals surface area contributed by atoms with Crippen LogP contribution in [0.5, 0.6) is 0 Å². The summed E-state index contributed by atoms with van der Waals surface area (Å²) in [4.78, 5) is 28.7. The van der Waals surface area contributed by atoms with E-state index in [-0.39, 0.29) is 31.3 Å². The summed E-state index contributed by atoms with van der Waals surface area (Å²) in [6.45, 7) is 1.56. The van der Waals surface area contributed by atoms with Crippen LogP contribution in [0.15, 0.2) is 50.5 Å². The van der Waals surface area contributed by atoms with E-state index in [0.717, 1.165) is 10.2 Å². The number of rotatable bonds is 4. The molecule has 1 aromatic carbocycles. The molecule has 3 heterocycles. The van der Waals surface area contributed by atoms with Gasteiger partial charge in [-0.1, -0.05) is 28.1 Å². The number of sulfonamides is 1. The molecule has 2 aromatic rings. The van der Waals surface area contributed by atoms with Gasteiger partial charge in [-0.2, -0.15) is 4.31 Å². The molecule has 2 saturated heterocycles. The van der Waals surface area contributed by atoms with Crippen molar-refractivity contribution in [1.29, 1.82) is 0 Å². The largest absolute Gasteiger partial charge is 0.340 e. The normalized spacial score (nSPS) is 21.0. The second kappa shape index (κ2) is 8.17. The Hall–Kier alpha value is -1.75. The van der Waals surface area contributed by atoms with Crippen LogP contribution in [0.4, 0.5) is 5.69 Å². The van der Waals surface area contributed by atoms with Gasteiger partial charge in [0.2, 0.25) is 11.8 Å². The summed E-state index contributed by atoms with van der Waals surface area (Å²) in [6, 6.07) is 10.8. The van der Waals surface area contributed by atoms with Crippen molar-refractivity contribution in [3.63, 3.8) is 0 Å². The van der Waals surface area contributed by atoms with Gasteiger partial charge in [0.15, 0.2) is 0 Å². The molecule has 2 fully saturated rings. The third-order valence-corrected chi connectivity index (χ3v) is 9.00. The first-order valence-electron chi connectivity index (χ1n) is 9.24. The van der Waals surface area contributed by atoms with E-state index in [1.807, 2.05) is 24.3 Å². The Balaban J connectivity index is 1.38. The summed E-state index contributed by atoms with van der Waals surface area (Å²) in [5.41, 5.74) is 0.770. The van der Waals surface area contributed by atoms with E-state index in [1.165, 1.54) is 15.6 Å². The van der Waals surface area contributed by atoms with E-state index >= 15 is 0 Å². The predicted octanol–water partition coefficient (Wildman–Crippen LogP) is 2.40. The van der Waals surface area contributed by atoms with Crippen LogP contribution in [0.25, 0.3) is 0 Å². The molecule has 0 bridgehead atoms. The molecule has 154 valence electrons. The summed E-state index contributed by atoms with van der Waals surface area (Å²) >= 11 is 4.60. The summed E-state index contributed by atoms with van der Waals surface area (Å²) in [6.07, 6.45) is 0.180. The molecule has 29 heavy (non-hydrogen) atoms. The fourth-order valence-corrected chi connectivity index (χ4v) is 6.66. The molecule has 2 amide bonds. The Morgan fingerprint density at radius 3 is 2.52 bits per heavy atom. The molecule has 2 aliphatic rings. The van der Waals surface area contributed by atoms with Crippen molar-refractivity contribution in [2.75, 3.05) is 37.6 Å². The fraction of sp³-hybridized carbons (Fsp3) is 0.368. The number of anilines is 1. The first kappa shape index (κ1) is 20.5. The van der Waals surface area contributed by atoms with Crippen LogP contribution in [0.2, 0.25) is 0 Å². The van der Waals surface area contributed by atoms with Crippen LogP contribution in [-0.4, -0.2) is 62.2 Å². The van der Waals surface area contributed by atoms with Gasteiger partial charge < -0.3 is 9.80 Å². The zero-order chi connectivity index (χ0) is 20.6. The topological polar surface area (TPSA) is 78.0 Å². The Labute approximate surface area is 182 Å². The predicted molar refractivity (Wildman–Crippen MR) is 114 cm³/mol. The quantitative estimate of drug-likeness (QED) is 0.649. The molecule has 1 atom stereocenters. The highest BCUT2D eigenvalue weighted by Crippen LogP contribution is 2.29. The number of hydrogen-bond donors (Lipinski definition) is 0. The maximum atomic E-state index is 12.9. The minimum absolute atomic E-state index is 0.0691. The summed E-state index contributed by atoms with van der Waals surface area (Å²) < 4.78 is 27.9. The molecule has 7 nitrogen and oxygen atoms in total. The Bertz CT molecular complexity index is 1020. The van der Waals surface area contributed by atoms with Gasteiger partial charge in [0.05, 0.1) is 5.92 Å². The maximum absolute atomic E-state index is 12.9. The van der Waals surface area contributed by atoms with Gasteiger partial charge >= 0.3 is 0 Å². The standard InChI is InChI=1S/C19H20BrN3O4S2/c20-15-3-1-4-16(12-15)23-13-14(11-17(23)24)19(25)21-6-8-22(9-7-21)29(26,27)18-5-2-10-28-18/h1-5,10,12,14H,6-9,11,13H2. The van der Waals surface area contributed by atoms with Crippen LogP contribution < -0.4 is 4.90 Å². The maximum Gasteiger partial charge on any atom is 0.252 e. The lowest BCUT2D eigenvalue weighted by Crippen LogP contribution is -2.52. The highest BCUT2D eigenvalue weighted by molar-refractivity contribution is 9.10. The molecule has 1 aromatic heterocycles. The molecule has 2 aliphatic heterocycles. The van der Waals surface area contributed by atoms with Crippen molar-refractivity contribution in [3.8, 4) is 0 Å². The Morgan fingerprint density at radius 2 is 1.86 bits per heavy atom.